The molecule has 1 aromatic rings. The first kappa shape index (κ1) is 21.0. The van der Waals surface area contributed by atoms with E-state index in [9.17, 15) is 9.59 Å². The van der Waals surface area contributed by atoms with Crippen LogP contribution < -0.4 is 4.74 Å². The van der Waals surface area contributed by atoms with Gasteiger partial charge in [-0.2, -0.15) is 0 Å². The summed E-state index contributed by atoms with van der Waals surface area (Å²) in [6.45, 7) is 1.85. The van der Waals surface area contributed by atoms with E-state index in [1.54, 1.807) is 0 Å². The molecule has 0 spiro atoms. The highest BCUT2D eigenvalue weighted by Gasteiger charge is 2.48. The van der Waals surface area contributed by atoms with Crippen LogP contribution >= 0.6 is 0 Å². The first-order valence-electron chi connectivity index (χ1n) is 11.4. The van der Waals surface area contributed by atoms with Gasteiger partial charge in [0.2, 0.25) is 0 Å². The lowest BCUT2D eigenvalue weighted by Gasteiger charge is -2.34. The quantitative estimate of drug-likeness (QED) is 0.509. The van der Waals surface area contributed by atoms with Crippen molar-refractivity contribution in [1.29, 1.82) is 0 Å². The first-order chi connectivity index (χ1) is 14.5. The van der Waals surface area contributed by atoms with Crippen molar-refractivity contribution >= 4 is 12.1 Å². The summed E-state index contributed by atoms with van der Waals surface area (Å²) in [6.07, 6.45) is 8.27. The van der Waals surface area contributed by atoms with Gasteiger partial charge in [0.15, 0.2) is 6.61 Å². The normalized spacial score (nSPS) is 30.0. The molecule has 3 aliphatic rings. The molecule has 0 bridgehead atoms. The molecule has 2 aliphatic carbocycles. The molecule has 1 aliphatic heterocycles. The number of ether oxygens (including phenoxy) is 3. The maximum absolute atomic E-state index is 12.3. The zero-order valence-electron chi connectivity index (χ0n) is 17.7. The highest BCUT2D eigenvalue weighted by atomic mass is 16.7. The van der Waals surface area contributed by atoms with Crippen molar-refractivity contribution in [2.24, 2.45) is 17.8 Å². The molecule has 6 heteroatoms. The minimum atomic E-state index is -0.971. The smallest absolute Gasteiger partial charge is 0.482 e. The summed E-state index contributed by atoms with van der Waals surface area (Å²) in [7, 11) is 0. The van der Waals surface area contributed by atoms with E-state index >= 15 is 0 Å². The Labute approximate surface area is 177 Å². The van der Waals surface area contributed by atoms with E-state index < -0.39 is 12.1 Å². The molecule has 0 amide bonds. The van der Waals surface area contributed by atoms with Crippen molar-refractivity contribution in [3.63, 3.8) is 0 Å². The summed E-state index contributed by atoms with van der Waals surface area (Å²) in [5.41, 5.74) is 2.36. The molecule has 4 rings (SSSR count). The van der Waals surface area contributed by atoms with Gasteiger partial charge in [0, 0.05) is 0 Å². The number of benzene rings is 1. The van der Waals surface area contributed by atoms with Gasteiger partial charge < -0.3 is 19.3 Å². The van der Waals surface area contributed by atoms with Gasteiger partial charge in [0.1, 0.15) is 18.0 Å². The predicted molar refractivity (Wildman–Crippen MR) is 111 cm³/mol. The number of hydrogen-bond donors (Lipinski definition) is 1. The van der Waals surface area contributed by atoms with Gasteiger partial charge in [-0.25, -0.2) is 9.59 Å². The highest BCUT2D eigenvalue weighted by molar-refractivity contribution is 5.68. The second-order valence-electron chi connectivity index (χ2n) is 9.03. The van der Waals surface area contributed by atoms with Gasteiger partial charge in [-0.15, -0.1) is 0 Å². The Bertz CT molecular complexity index is 775. The Morgan fingerprint density at radius 2 is 2.03 bits per heavy atom. The fourth-order valence-electron chi connectivity index (χ4n) is 5.74. The molecule has 1 N–H and O–H groups in total. The van der Waals surface area contributed by atoms with E-state index in [0.717, 1.165) is 63.4 Å². The number of carboxylic acid groups (broad SMARTS) is 1. The van der Waals surface area contributed by atoms with E-state index in [0.29, 0.717) is 23.5 Å². The summed E-state index contributed by atoms with van der Waals surface area (Å²) in [6, 6.07) is 5.92. The minimum absolute atomic E-state index is 0.0315. The maximum Gasteiger partial charge on any atom is 0.508 e. The van der Waals surface area contributed by atoms with Crippen LogP contribution in [0, 0.1) is 17.8 Å². The molecule has 1 aromatic carbocycles. The van der Waals surface area contributed by atoms with E-state index in [2.05, 4.69) is 13.0 Å². The molecule has 164 valence electrons. The molecule has 2 fully saturated rings. The van der Waals surface area contributed by atoms with Crippen molar-refractivity contribution in [2.45, 2.75) is 76.9 Å². The van der Waals surface area contributed by atoms with Gasteiger partial charge >= 0.3 is 12.1 Å². The summed E-state index contributed by atoms with van der Waals surface area (Å²) in [5, 5.41) is 8.95. The molecule has 0 radical (unpaired) electrons. The molecule has 0 aromatic heterocycles. The van der Waals surface area contributed by atoms with E-state index in [4.69, 9.17) is 19.3 Å². The first-order valence-corrected chi connectivity index (χ1v) is 11.4. The number of unbranched alkanes of at least 4 members (excludes halogenated alkanes) is 2. The van der Waals surface area contributed by atoms with Crippen LogP contribution in [0.3, 0.4) is 0 Å². The molecule has 1 saturated heterocycles. The second-order valence-corrected chi connectivity index (χ2v) is 9.03. The predicted octanol–water partition coefficient (Wildman–Crippen LogP) is 4.77. The largest absolute Gasteiger partial charge is 0.508 e. The van der Waals surface area contributed by atoms with Crippen LogP contribution in [0.25, 0.3) is 0 Å². The molecular weight excluding hydrogens is 384 g/mol. The van der Waals surface area contributed by atoms with E-state index in [-0.39, 0.29) is 18.8 Å². The summed E-state index contributed by atoms with van der Waals surface area (Å²) < 4.78 is 16.9. The van der Waals surface area contributed by atoms with Crippen LogP contribution in [0.4, 0.5) is 4.79 Å². The van der Waals surface area contributed by atoms with Gasteiger partial charge in [-0.1, -0.05) is 31.9 Å². The fraction of sp³-hybridized carbons (Fsp3) is 0.667. The third-order valence-electron chi connectivity index (χ3n) is 7.13. The second kappa shape index (κ2) is 9.27. The molecule has 5 atom stereocenters. The molecule has 6 nitrogen and oxygen atoms in total. The number of carboxylic acids is 1. The lowest BCUT2D eigenvalue weighted by Crippen LogP contribution is -2.33. The van der Waals surface area contributed by atoms with Crippen LogP contribution in [0.1, 0.15) is 63.0 Å². The molecule has 1 heterocycles. The molecule has 30 heavy (non-hydrogen) atoms. The number of rotatable bonds is 7. The zero-order valence-corrected chi connectivity index (χ0v) is 17.7. The Hall–Kier alpha value is -2.24. The third kappa shape index (κ3) is 4.57. The van der Waals surface area contributed by atoms with Gasteiger partial charge in [-0.05, 0) is 79.9 Å². The number of aliphatic carboxylic acids is 1. The SMILES string of the molecule is CCCCC[C@H]1CCC2C3Cc4cccc(OCC(=O)O)c4CC3C[C@H]2OC(=O)O1. The number of hydrogen-bond acceptors (Lipinski definition) is 5. The molecule has 1 saturated carbocycles. The van der Waals surface area contributed by atoms with Crippen molar-refractivity contribution in [3.8, 4) is 5.75 Å². The average molecular weight is 417 g/mol. The summed E-state index contributed by atoms with van der Waals surface area (Å²) in [5.74, 6) is 0.981. The maximum atomic E-state index is 12.3. The lowest BCUT2D eigenvalue weighted by atomic mass is 9.73. The van der Waals surface area contributed by atoms with Crippen molar-refractivity contribution in [3.05, 3.63) is 29.3 Å². The Kier molecular flexibility index (Phi) is 6.49. The molecular formula is C24H32O6. The zero-order chi connectivity index (χ0) is 21.1. The third-order valence-corrected chi connectivity index (χ3v) is 7.13. The highest BCUT2D eigenvalue weighted by Crippen LogP contribution is 2.50. The van der Waals surface area contributed by atoms with E-state index in [1.165, 1.54) is 5.56 Å². The standard InChI is InChI=1S/C24H32O6/c1-2-3-4-7-17-9-10-18-19-11-15-6-5-8-21(28-14-23(25)26)20(15)12-16(19)13-22(18)30-24(27)29-17/h5-6,8,16-19,22H,2-4,7,9-14H2,1H3,(H,25,26)/t16?,17-,18?,19?,22+/m0/s1. The average Bonchev–Trinajstić information content (AvgIpc) is 3.02. The number of carbonyl (C=O) groups is 2. The van der Waals surface area contributed by atoms with E-state index in [1.807, 2.05) is 12.1 Å². The monoisotopic (exact) mass is 416 g/mol. The Morgan fingerprint density at radius 3 is 2.83 bits per heavy atom. The number of carbonyl (C=O) groups excluding carboxylic acids is 1. The van der Waals surface area contributed by atoms with Crippen LogP contribution in [0.5, 0.6) is 5.75 Å². The van der Waals surface area contributed by atoms with Gasteiger partial charge in [0.05, 0.1) is 0 Å². The van der Waals surface area contributed by atoms with Gasteiger partial charge in [-0.3, -0.25) is 0 Å². The summed E-state index contributed by atoms with van der Waals surface area (Å²) >= 11 is 0. The fourth-order valence-corrected chi connectivity index (χ4v) is 5.74. The van der Waals surface area contributed by atoms with Crippen LogP contribution in [0.2, 0.25) is 0 Å². The number of fused-ring (bicyclic) bond motifs is 4. The Morgan fingerprint density at radius 1 is 1.17 bits per heavy atom. The minimum Gasteiger partial charge on any atom is -0.482 e. The van der Waals surface area contributed by atoms with Crippen molar-refractivity contribution in [2.75, 3.05) is 6.61 Å². The number of cyclic esters (lactones) is 1. The summed E-state index contributed by atoms with van der Waals surface area (Å²) in [4.78, 5) is 23.2. The van der Waals surface area contributed by atoms with Crippen molar-refractivity contribution < 1.29 is 28.9 Å². The molecule has 3 unspecified atom stereocenters. The lowest BCUT2D eigenvalue weighted by molar-refractivity contribution is -0.139. The Balaban J connectivity index is 1.47. The van der Waals surface area contributed by atoms with Crippen LogP contribution in [0.15, 0.2) is 18.2 Å². The van der Waals surface area contributed by atoms with Gasteiger partial charge in [0.25, 0.3) is 0 Å². The van der Waals surface area contributed by atoms with Crippen LogP contribution in [-0.2, 0) is 27.1 Å². The van der Waals surface area contributed by atoms with Crippen LogP contribution in [-0.4, -0.2) is 36.0 Å². The van der Waals surface area contributed by atoms with Crippen molar-refractivity contribution in [1.82, 2.24) is 0 Å². The topological polar surface area (TPSA) is 82.1 Å².